The first-order valence-corrected chi connectivity index (χ1v) is 4.33. The molecule has 12 heavy (non-hydrogen) atoms. The molecule has 0 radical (unpaired) electrons. The van der Waals surface area contributed by atoms with Crippen LogP contribution in [-0.2, 0) is 4.79 Å². The molecule has 1 fully saturated rings. The van der Waals surface area contributed by atoms with Crippen LogP contribution in [0.4, 0.5) is 4.79 Å². The summed E-state index contributed by atoms with van der Waals surface area (Å²) >= 11 is 1.01. The van der Waals surface area contributed by atoms with Crippen molar-refractivity contribution in [1.82, 2.24) is 5.32 Å². The Morgan fingerprint density at radius 2 is 2.33 bits per heavy atom. The third-order valence-corrected chi connectivity index (χ3v) is 2.48. The first kappa shape index (κ1) is 9.06. The Labute approximate surface area is 74.9 Å². The zero-order valence-corrected chi connectivity index (χ0v) is 7.32. The lowest BCUT2D eigenvalue weighted by Crippen LogP contribution is -2.24. The van der Waals surface area contributed by atoms with Gasteiger partial charge in [-0.05, 0) is 6.42 Å². The van der Waals surface area contributed by atoms with Gasteiger partial charge in [0.25, 0.3) is 5.24 Å². The van der Waals surface area contributed by atoms with E-state index in [1.165, 1.54) is 0 Å². The first-order chi connectivity index (χ1) is 5.63. The number of amides is 2. The quantitative estimate of drug-likeness (QED) is 0.674. The van der Waals surface area contributed by atoms with E-state index in [-0.39, 0.29) is 16.4 Å². The maximum atomic E-state index is 11.0. The molecule has 3 nitrogen and oxygen atoms in total. The molecule has 1 aliphatic heterocycles. The minimum atomic E-state index is -0.317. The Kier molecular flexibility index (Phi) is 2.70. The molecule has 1 saturated heterocycles. The SMILES string of the molecule is C=CC(=C)CC1SC(=O)NC1=O. The van der Waals surface area contributed by atoms with Crippen molar-refractivity contribution >= 4 is 22.9 Å². The normalized spacial score (nSPS) is 22.2. The van der Waals surface area contributed by atoms with E-state index in [0.717, 1.165) is 17.3 Å². The summed E-state index contributed by atoms with van der Waals surface area (Å²) in [6.07, 6.45) is 2.09. The van der Waals surface area contributed by atoms with Crippen molar-refractivity contribution in [2.75, 3.05) is 0 Å². The number of hydrogen-bond donors (Lipinski definition) is 1. The highest BCUT2D eigenvalue weighted by atomic mass is 32.2. The summed E-state index contributed by atoms with van der Waals surface area (Å²) < 4.78 is 0. The Hall–Kier alpha value is -1.03. The number of allylic oxidation sites excluding steroid dienone is 2. The predicted molar refractivity (Wildman–Crippen MR) is 48.9 cm³/mol. The largest absolute Gasteiger partial charge is 0.286 e. The first-order valence-electron chi connectivity index (χ1n) is 3.45. The zero-order valence-electron chi connectivity index (χ0n) is 6.50. The molecule has 1 heterocycles. The van der Waals surface area contributed by atoms with Crippen LogP contribution in [0.5, 0.6) is 0 Å². The number of imide groups is 1. The van der Waals surface area contributed by atoms with Crippen molar-refractivity contribution in [3.8, 4) is 0 Å². The van der Waals surface area contributed by atoms with Crippen LogP contribution in [0.2, 0.25) is 0 Å². The second-order valence-corrected chi connectivity index (χ2v) is 3.63. The van der Waals surface area contributed by atoms with Crippen LogP contribution in [0.15, 0.2) is 24.8 Å². The van der Waals surface area contributed by atoms with E-state index < -0.39 is 0 Å². The fourth-order valence-electron chi connectivity index (χ4n) is 0.849. The van der Waals surface area contributed by atoms with Gasteiger partial charge in [-0.15, -0.1) is 0 Å². The van der Waals surface area contributed by atoms with Gasteiger partial charge >= 0.3 is 0 Å². The summed E-state index contributed by atoms with van der Waals surface area (Å²) in [5.74, 6) is -0.229. The fourth-order valence-corrected chi connectivity index (χ4v) is 1.73. The number of carbonyl (C=O) groups is 2. The highest BCUT2D eigenvalue weighted by Gasteiger charge is 2.31. The zero-order chi connectivity index (χ0) is 9.14. The second kappa shape index (κ2) is 3.58. The minimum absolute atomic E-state index is 0.229. The summed E-state index contributed by atoms with van der Waals surface area (Å²) in [7, 11) is 0. The van der Waals surface area contributed by atoms with Crippen LogP contribution >= 0.6 is 11.8 Å². The Morgan fingerprint density at radius 3 is 2.75 bits per heavy atom. The average molecular weight is 183 g/mol. The molecular formula is C8H9NO2S. The van der Waals surface area contributed by atoms with Gasteiger partial charge in [0.05, 0.1) is 5.25 Å². The number of hydrogen-bond acceptors (Lipinski definition) is 3. The minimum Gasteiger partial charge on any atom is -0.286 e. The van der Waals surface area contributed by atoms with E-state index in [0.29, 0.717) is 6.42 Å². The Balaban J connectivity index is 2.54. The predicted octanol–water partition coefficient (Wildman–Crippen LogP) is 1.47. The molecule has 0 spiro atoms. The Morgan fingerprint density at radius 1 is 1.67 bits per heavy atom. The van der Waals surface area contributed by atoms with Crippen LogP contribution in [0.1, 0.15) is 6.42 Å². The molecule has 64 valence electrons. The molecule has 1 aliphatic rings. The highest BCUT2D eigenvalue weighted by molar-refractivity contribution is 8.15. The molecular weight excluding hydrogens is 174 g/mol. The van der Waals surface area contributed by atoms with Crippen LogP contribution in [0, 0.1) is 0 Å². The summed E-state index contributed by atoms with van der Waals surface area (Å²) in [5.41, 5.74) is 0.775. The molecule has 1 atom stereocenters. The van der Waals surface area contributed by atoms with Crippen molar-refractivity contribution in [1.29, 1.82) is 0 Å². The lowest BCUT2D eigenvalue weighted by molar-refractivity contribution is -0.118. The van der Waals surface area contributed by atoms with Gasteiger partial charge in [-0.25, -0.2) is 0 Å². The molecule has 0 saturated carbocycles. The molecule has 0 bridgehead atoms. The summed E-state index contributed by atoms with van der Waals surface area (Å²) in [5, 5.41) is 1.61. The van der Waals surface area contributed by atoms with Crippen LogP contribution in [0.3, 0.4) is 0 Å². The number of carbonyl (C=O) groups excluding carboxylic acids is 2. The maximum Gasteiger partial charge on any atom is 0.286 e. The van der Waals surface area contributed by atoms with Crippen LogP contribution < -0.4 is 5.32 Å². The molecule has 0 aliphatic carbocycles. The van der Waals surface area contributed by atoms with Gasteiger partial charge in [-0.3, -0.25) is 14.9 Å². The molecule has 1 rings (SSSR count). The molecule has 4 heteroatoms. The fraction of sp³-hybridized carbons (Fsp3) is 0.250. The average Bonchev–Trinajstić information content (AvgIpc) is 2.30. The molecule has 0 aromatic carbocycles. The van der Waals surface area contributed by atoms with E-state index in [1.807, 2.05) is 0 Å². The van der Waals surface area contributed by atoms with Crippen molar-refractivity contribution in [2.24, 2.45) is 0 Å². The lowest BCUT2D eigenvalue weighted by atomic mass is 10.1. The third kappa shape index (κ3) is 1.98. The van der Waals surface area contributed by atoms with Gasteiger partial charge in [0.15, 0.2) is 0 Å². The number of rotatable bonds is 3. The van der Waals surface area contributed by atoms with E-state index in [9.17, 15) is 9.59 Å². The second-order valence-electron chi connectivity index (χ2n) is 2.45. The molecule has 1 unspecified atom stereocenters. The summed E-state index contributed by atoms with van der Waals surface area (Å²) in [6.45, 7) is 7.19. The summed E-state index contributed by atoms with van der Waals surface area (Å²) in [4.78, 5) is 21.7. The van der Waals surface area contributed by atoms with Gasteiger partial charge in [0.1, 0.15) is 0 Å². The van der Waals surface area contributed by atoms with Crippen LogP contribution in [-0.4, -0.2) is 16.4 Å². The molecule has 0 aromatic heterocycles. The van der Waals surface area contributed by atoms with Crippen molar-refractivity contribution in [2.45, 2.75) is 11.7 Å². The van der Waals surface area contributed by atoms with Crippen molar-refractivity contribution in [3.63, 3.8) is 0 Å². The van der Waals surface area contributed by atoms with Crippen molar-refractivity contribution < 1.29 is 9.59 Å². The smallest absolute Gasteiger partial charge is 0.286 e. The molecule has 1 N–H and O–H groups in total. The van der Waals surface area contributed by atoms with Gasteiger partial charge in [-0.1, -0.05) is 36.6 Å². The van der Waals surface area contributed by atoms with E-state index in [1.54, 1.807) is 6.08 Å². The lowest BCUT2D eigenvalue weighted by Gasteiger charge is -2.02. The molecule has 0 aromatic rings. The van der Waals surface area contributed by atoms with Crippen LogP contribution in [0.25, 0.3) is 0 Å². The van der Waals surface area contributed by atoms with Crippen molar-refractivity contribution in [3.05, 3.63) is 24.8 Å². The third-order valence-electron chi connectivity index (χ3n) is 1.50. The number of thioether (sulfide) groups is 1. The van der Waals surface area contributed by atoms with E-state index >= 15 is 0 Å². The molecule has 2 amide bonds. The van der Waals surface area contributed by atoms with Gasteiger partial charge in [-0.2, -0.15) is 0 Å². The number of nitrogens with one attached hydrogen (secondary N) is 1. The van der Waals surface area contributed by atoms with Gasteiger partial charge in [0, 0.05) is 0 Å². The van der Waals surface area contributed by atoms with E-state index in [2.05, 4.69) is 18.5 Å². The van der Waals surface area contributed by atoms with Gasteiger partial charge in [0.2, 0.25) is 5.91 Å². The highest BCUT2D eigenvalue weighted by Crippen LogP contribution is 2.24. The summed E-state index contributed by atoms with van der Waals surface area (Å²) in [6, 6.07) is 0. The van der Waals surface area contributed by atoms with E-state index in [4.69, 9.17) is 0 Å². The maximum absolute atomic E-state index is 11.0. The monoisotopic (exact) mass is 183 g/mol. The topological polar surface area (TPSA) is 46.2 Å². The Bertz CT molecular complexity index is 260. The van der Waals surface area contributed by atoms with Gasteiger partial charge < -0.3 is 0 Å². The standard InChI is InChI=1S/C8H9NO2S/c1-3-5(2)4-6-7(10)9-8(11)12-6/h3,6H,1-2,4H2,(H,9,10,11).